The van der Waals surface area contributed by atoms with E-state index in [2.05, 4.69) is 10.4 Å². The summed E-state index contributed by atoms with van der Waals surface area (Å²) in [6, 6.07) is 8.05. The van der Waals surface area contributed by atoms with Gasteiger partial charge in [0.05, 0.1) is 5.69 Å². The predicted octanol–water partition coefficient (Wildman–Crippen LogP) is 2.51. The molecule has 0 unspecified atom stereocenters. The van der Waals surface area contributed by atoms with E-state index in [0.717, 1.165) is 4.68 Å². The van der Waals surface area contributed by atoms with E-state index < -0.39 is 6.03 Å². The number of nitrogen functional groups attached to an aromatic ring is 1. The molecule has 1 aromatic heterocycles. The molecule has 0 radical (unpaired) electrons. The molecule has 2 aromatic rings. The van der Waals surface area contributed by atoms with Gasteiger partial charge in [-0.05, 0) is 25.1 Å². The second-order valence-corrected chi connectivity index (χ2v) is 4.00. The van der Waals surface area contributed by atoms with Crippen LogP contribution < -0.4 is 11.1 Å². The Balaban J connectivity index is 2.20. The first-order chi connectivity index (χ1) is 8.06. The van der Waals surface area contributed by atoms with Crippen LogP contribution in [0.4, 0.5) is 16.3 Å². The highest BCUT2D eigenvalue weighted by Crippen LogP contribution is 2.15. The Labute approximate surface area is 103 Å². The number of carbonyl (C=O) groups is 1. The average Bonchev–Trinajstić information content (AvgIpc) is 2.58. The first kappa shape index (κ1) is 11.5. The van der Waals surface area contributed by atoms with Crippen molar-refractivity contribution in [3.63, 3.8) is 0 Å². The third kappa shape index (κ3) is 2.57. The molecule has 1 heterocycles. The first-order valence-corrected chi connectivity index (χ1v) is 5.33. The van der Waals surface area contributed by atoms with Crippen molar-refractivity contribution >= 4 is 29.1 Å². The molecular formula is C11H11ClN4O. The summed E-state index contributed by atoms with van der Waals surface area (Å²) in [7, 11) is 0. The lowest BCUT2D eigenvalue weighted by Crippen LogP contribution is -2.22. The second kappa shape index (κ2) is 4.47. The smallest absolute Gasteiger partial charge is 0.348 e. The van der Waals surface area contributed by atoms with Gasteiger partial charge in [0, 0.05) is 16.8 Å². The van der Waals surface area contributed by atoms with Gasteiger partial charge in [-0.3, -0.25) is 0 Å². The molecule has 0 fully saturated rings. The molecule has 6 heteroatoms. The summed E-state index contributed by atoms with van der Waals surface area (Å²) < 4.78 is 1.11. The number of nitrogens with two attached hydrogens (primary N) is 1. The van der Waals surface area contributed by atoms with Crippen LogP contribution >= 0.6 is 11.6 Å². The third-order valence-corrected chi connectivity index (χ3v) is 2.36. The number of amides is 1. The number of aromatic nitrogens is 2. The fourth-order valence-corrected chi connectivity index (χ4v) is 1.62. The van der Waals surface area contributed by atoms with Gasteiger partial charge in [0.25, 0.3) is 0 Å². The van der Waals surface area contributed by atoms with Crippen LogP contribution in [0.5, 0.6) is 0 Å². The van der Waals surface area contributed by atoms with Gasteiger partial charge in [0.15, 0.2) is 0 Å². The van der Waals surface area contributed by atoms with Gasteiger partial charge in [-0.15, -0.1) is 0 Å². The molecule has 0 atom stereocenters. The second-order valence-electron chi connectivity index (χ2n) is 3.56. The van der Waals surface area contributed by atoms with Crippen LogP contribution in [0.2, 0.25) is 5.02 Å². The maximum atomic E-state index is 11.8. The van der Waals surface area contributed by atoms with Crippen LogP contribution in [0.25, 0.3) is 0 Å². The molecule has 0 bridgehead atoms. The molecular weight excluding hydrogens is 240 g/mol. The van der Waals surface area contributed by atoms with Crippen LogP contribution in [0.1, 0.15) is 5.69 Å². The Morgan fingerprint density at radius 2 is 2.24 bits per heavy atom. The summed E-state index contributed by atoms with van der Waals surface area (Å²) in [5.74, 6) is 0.294. The summed E-state index contributed by atoms with van der Waals surface area (Å²) >= 11 is 5.81. The van der Waals surface area contributed by atoms with E-state index in [9.17, 15) is 4.79 Å². The molecule has 0 aliphatic rings. The Morgan fingerprint density at radius 1 is 1.47 bits per heavy atom. The van der Waals surface area contributed by atoms with Crippen molar-refractivity contribution in [3.8, 4) is 0 Å². The molecule has 0 spiro atoms. The predicted molar refractivity (Wildman–Crippen MR) is 67.2 cm³/mol. The lowest BCUT2D eigenvalue weighted by Gasteiger charge is -2.06. The highest BCUT2D eigenvalue weighted by molar-refractivity contribution is 6.30. The van der Waals surface area contributed by atoms with Gasteiger partial charge in [-0.2, -0.15) is 9.78 Å². The molecule has 17 heavy (non-hydrogen) atoms. The molecule has 0 saturated carbocycles. The van der Waals surface area contributed by atoms with Crippen molar-refractivity contribution in [1.82, 2.24) is 9.78 Å². The quantitative estimate of drug-likeness (QED) is 0.817. The number of carbonyl (C=O) groups excluding carboxylic acids is 1. The van der Waals surface area contributed by atoms with Crippen LogP contribution in [-0.2, 0) is 0 Å². The summed E-state index contributed by atoms with van der Waals surface area (Å²) in [5, 5.41) is 7.17. The van der Waals surface area contributed by atoms with E-state index in [1.807, 2.05) is 0 Å². The Bertz CT molecular complexity index is 564. The van der Waals surface area contributed by atoms with E-state index in [1.165, 1.54) is 0 Å². The number of aryl methyl sites for hydroxylation is 1. The maximum absolute atomic E-state index is 11.8. The molecule has 1 aromatic carbocycles. The monoisotopic (exact) mass is 250 g/mol. The molecule has 0 aliphatic carbocycles. The third-order valence-electron chi connectivity index (χ3n) is 2.13. The minimum atomic E-state index is -0.419. The van der Waals surface area contributed by atoms with E-state index in [-0.39, 0.29) is 0 Å². The van der Waals surface area contributed by atoms with E-state index in [4.69, 9.17) is 17.3 Å². The number of rotatable bonds is 1. The zero-order valence-corrected chi connectivity index (χ0v) is 9.90. The summed E-state index contributed by atoms with van der Waals surface area (Å²) in [5.41, 5.74) is 6.92. The number of hydrogen-bond donors (Lipinski definition) is 2. The Morgan fingerprint density at radius 3 is 2.82 bits per heavy atom. The molecule has 0 saturated heterocycles. The zero-order chi connectivity index (χ0) is 12.4. The highest BCUT2D eigenvalue weighted by Gasteiger charge is 2.10. The maximum Gasteiger partial charge on any atom is 0.348 e. The van der Waals surface area contributed by atoms with Crippen LogP contribution in [-0.4, -0.2) is 15.8 Å². The Kier molecular flexibility index (Phi) is 3.01. The number of nitrogens with zero attached hydrogens (tertiary/aromatic N) is 2. The van der Waals surface area contributed by atoms with Gasteiger partial charge in [0.1, 0.15) is 5.82 Å². The van der Waals surface area contributed by atoms with E-state index >= 15 is 0 Å². The number of anilines is 2. The van der Waals surface area contributed by atoms with E-state index in [1.54, 1.807) is 37.3 Å². The van der Waals surface area contributed by atoms with Gasteiger partial charge in [0.2, 0.25) is 0 Å². The van der Waals surface area contributed by atoms with E-state index in [0.29, 0.717) is 22.2 Å². The molecule has 0 aliphatic heterocycles. The lowest BCUT2D eigenvalue weighted by atomic mass is 10.3. The van der Waals surface area contributed by atoms with Crippen molar-refractivity contribution in [1.29, 1.82) is 0 Å². The number of benzene rings is 1. The van der Waals surface area contributed by atoms with Crippen molar-refractivity contribution in [2.75, 3.05) is 11.1 Å². The summed E-state index contributed by atoms with van der Waals surface area (Å²) in [6.07, 6.45) is 0. The summed E-state index contributed by atoms with van der Waals surface area (Å²) in [4.78, 5) is 11.8. The van der Waals surface area contributed by atoms with Gasteiger partial charge >= 0.3 is 6.03 Å². The van der Waals surface area contributed by atoms with Crippen molar-refractivity contribution in [3.05, 3.63) is 41.0 Å². The van der Waals surface area contributed by atoms with Crippen molar-refractivity contribution in [2.24, 2.45) is 0 Å². The zero-order valence-electron chi connectivity index (χ0n) is 9.14. The number of nitrogens with one attached hydrogen (secondary N) is 1. The van der Waals surface area contributed by atoms with Crippen LogP contribution in [0.3, 0.4) is 0 Å². The summed E-state index contributed by atoms with van der Waals surface area (Å²) in [6.45, 7) is 1.76. The molecule has 2 rings (SSSR count). The van der Waals surface area contributed by atoms with Crippen LogP contribution in [0, 0.1) is 6.92 Å². The molecule has 3 N–H and O–H groups in total. The highest BCUT2D eigenvalue weighted by atomic mass is 35.5. The van der Waals surface area contributed by atoms with Crippen molar-refractivity contribution in [2.45, 2.75) is 6.92 Å². The van der Waals surface area contributed by atoms with Gasteiger partial charge < -0.3 is 11.1 Å². The van der Waals surface area contributed by atoms with Crippen molar-refractivity contribution < 1.29 is 4.79 Å². The minimum absolute atomic E-state index is 0.294. The number of halogens is 1. The normalized spacial score (nSPS) is 10.2. The lowest BCUT2D eigenvalue weighted by molar-refractivity contribution is 0.251. The standard InChI is InChI=1S/C11H11ClN4O/c1-7-5-10(13)16(15-7)11(17)14-9-4-2-3-8(12)6-9/h2-6H,13H2,1H3,(H,14,17). The van der Waals surface area contributed by atoms with Gasteiger partial charge in [-0.1, -0.05) is 17.7 Å². The van der Waals surface area contributed by atoms with Gasteiger partial charge in [-0.25, -0.2) is 4.79 Å². The topological polar surface area (TPSA) is 72.9 Å². The number of hydrogen-bond acceptors (Lipinski definition) is 3. The SMILES string of the molecule is Cc1cc(N)n(C(=O)Nc2cccc(Cl)c2)n1. The van der Waals surface area contributed by atoms with Crippen LogP contribution in [0.15, 0.2) is 30.3 Å². The molecule has 1 amide bonds. The first-order valence-electron chi connectivity index (χ1n) is 4.95. The fraction of sp³-hybridized carbons (Fsp3) is 0.0909. The molecule has 5 nitrogen and oxygen atoms in total. The minimum Gasteiger partial charge on any atom is -0.383 e. The molecule has 88 valence electrons. The fourth-order valence-electron chi connectivity index (χ4n) is 1.42. The Hall–Kier alpha value is -2.01. The average molecular weight is 251 g/mol. The largest absolute Gasteiger partial charge is 0.383 e.